The van der Waals surface area contributed by atoms with Crippen LogP contribution in [0.5, 0.6) is 0 Å². The number of imidazole rings is 1. The van der Waals surface area contributed by atoms with Crippen LogP contribution in [0.15, 0.2) is 36.9 Å². The van der Waals surface area contributed by atoms with Gasteiger partial charge in [-0.25, -0.2) is 24.0 Å². The summed E-state index contributed by atoms with van der Waals surface area (Å²) in [6.07, 6.45) is 14.4. The maximum Gasteiger partial charge on any atom is 0.164 e. The Morgan fingerprint density at radius 3 is 2.75 bits per heavy atom. The number of aliphatic hydroxyl groups excluding tert-OH is 1. The second-order valence-corrected chi connectivity index (χ2v) is 9.63. The van der Waals surface area contributed by atoms with Crippen LogP contribution < -0.4 is 5.32 Å². The highest BCUT2D eigenvalue weighted by atomic mass is 32.2. The van der Waals surface area contributed by atoms with Gasteiger partial charge in [0.25, 0.3) is 0 Å². The molecule has 0 spiro atoms. The van der Waals surface area contributed by atoms with Crippen molar-refractivity contribution in [2.24, 2.45) is 0 Å². The van der Waals surface area contributed by atoms with Crippen LogP contribution >= 0.6 is 11.9 Å². The van der Waals surface area contributed by atoms with E-state index >= 15 is 0 Å². The molecule has 4 aromatic rings. The van der Waals surface area contributed by atoms with Crippen molar-refractivity contribution in [3.63, 3.8) is 0 Å². The van der Waals surface area contributed by atoms with Crippen molar-refractivity contribution in [1.29, 1.82) is 0 Å². The Morgan fingerprint density at radius 1 is 1.06 bits per heavy atom. The van der Waals surface area contributed by atoms with Crippen LogP contribution in [-0.4, -0.2) is 44.0 Å². The van der Waals surface area contributed by atoms with E-state index in [4.69, 9.17) is 0 Å². The molecule has 2 aliphatic rings. The first-order valence-corrected chi connectivity index (χ1v) is 11.9. The lowest BCUT2D eigenvalue weighted by Gasteiger charge is -2.15. The summed E-state index contributed by atoms with van der Waals surface area (Å²) in [7, 11) is 0. The number of pyridine rings is 1. The standard InChI is InChI=1S/C22H24N8OS/c31-13-21-26-17-11-24-20(9-18(17)30(21)15-3-1-2-4-15)27-19-7-8-23-22(28-19)14-10-25-29(12-14)32-16-5-6-16/h7-12,15-16,31H,1-6,13H2,(H,23,24,27,28). The van der Waals surface area contributed by atoms with Crippen LogP contribution in [-0.2, 0) is 6.61 Å². The summed E-state index contributed by atoms with van der Waals surface area (Å²) in [6.45, 7) is -0.0735. The molecule has 0 saturated heterocycles. The Bertz CT molecular complexity index is 1260. The van der Waals surface area contributed by atoms with Crippen LogP contribution in [0.3, 0.4) is 0 Å². The molecule has 164 valence electrons. The summed E-state index contributed by atoms with van der Waals surface area (Å²) in [5, 5.41) is 18.2. The molecule has 0 unspecified atom stereocenters. The number of nitrogens with zero attached hydrogens (tertiary/aromatic N) is 7. The smallest absolute Gasteiger partial charge is 0.164 e. The molecule has 4 aromatic heterocycles. The average Bonchev–Trinajstić information content (AvgIpc) is 3.20. The van der Waals surface area contributed by atoms with Crippen LogP contribution in [0, 0.1) is 0 Å². The average molecular weight is 449 g/mol. The number of nitrogens with one attached hydrogen (secondary N) is 1. The van der Waals surface area contributed by atoms with Crippen molar-refractivity contribution < 1.29 is 5.11 Å². The molecule has 6 rings (SSSR count). The van der Waals surface area contributed by atoms with Crippen molar-refractivity contribution >= 4 is 34.6 Å². The van der Waals surface area contributed by atoms with E-state index in [0.717, 1.165) is 29.4 Å². The van der Waals surface area contributed by atoms with E-state index in [1.807, 2.05) is 22.4 Å². The minimum atomic E-state index is -0.0735. The van der Waals surface area contributed by atoms with E-state index in [-0.39, 0.29) is 6.61 Å². The summed E-state index contributed by atoms with van der Waals surface area (Å²) in [5.74, 6) is 2.68. The zero-order chi connectivity index (χ0) is 21.5. The monoisotopic (exact) mass is 448 g/mol. The molecule has 2 saturated carbocycles. The van der Waals surface area contributed by atoms with Gasteiger partial charge in [0.2, 0.25) is 0 Å². The van der Waals surface area contributed by atoms with E-state index in [0.29, 0.717) is 34.6 Å². The van der Waals surface area contributed by atoms with E-state index in [9.17, 15) is 5.11 Å². The van der Waals surface area contributed by atoms with Crippen molar-refractivity contribution in [2.75, 3.05) is 5.32 Å². The van der Waals surface area contributed by atoms with Crippen LogP contribution in [0.4, 0.5) is 11.6 Å². The molecule has 0 aliphatic heterocycles. The van der Waals surface area contributed by atoms with E-state index in [1.165, 1.54) is 25.7 Å². The van der Waals surface area contributed by atoms with E-state index in [1.54, 1.807) is 30.5 Å². The van der Waals surface area contributed by atoms with E-state index in [2.05, 4.69) is 34.9 Å². The number of aliphatic hydroxyl groups is 1. The summed E-state index contributed by atoms with van der Waals surface area (Å²) in [5.41, 5.74) is 2.68. The predicted molar refractivity (Wildman–Crippen MR) is 124 cm³/mol. The number of aromatic nitrogens is 7. The molecule has 32 heavy (non-hydrogen) atoms. The minimum absolute atomic E-state index is 0.0735. The quantitative estimate of drug-likeness (QED) is 0.435. The summed E-state index contributed by atoms with van der Waals surface area (Å²) in [6, 6.07) is 4.20. The van der Waals surface area contributed by atoms with Gasteiger partial charge < -0.3 is 15.0 Å². The molecular weight excluding hydrogens is 424 g/mol. The van der Waals surface area contributed by atoms with Crippen LogP contribution in [0.25, 0.3) is 22.4 Å². The first kappa shape index (κ1) is 19.7. The van der Waals surface area contributed by atoms with Gasteiger partial charge in [0.15, 0.2) is 5.82 Å². The largest absolute Gasteiger partial charge is 0.388 e. The Kier molecular flexibility index (Phi) is 5.03. The number of rotatable bonds is 7. The van der Waals surface area contributed by atoms with E-state index < -0.39 is 0 Å². The normalized spacial score (nSPS) is 16.8. The maximum atomic E-state index is 9.83. The number of fused-ring (bicyclic) bond motifs is 1. The second kappa shape index (κ2) is 8.18. The third-order valence-electron chi connectivity index (χ3n) is 5.99. The van der Waals surface area contributed by atoms with Gasteiger partial charge in [-0.05, 0) is 43.7 Å². The molecule has 4 heterocycles. The van der Waals surface area contributed by atoms with Gasteiger partial charge in [0, 0.05) is 29.8 Å². The highest BCUT2D eigenvalue weighted by Gasteiger charge is 2.24. The third kappa shape index (κ3) is 3.84. The van der Waals surface area contributed by atoms with Gasteiger partial charge in [-0.15, -0.1) is 0 Å². The Labute approximate surface area is 189 Å². The van der Waals surface area contributed by atoms with Gasteiger partial charge in [0.1, 0.15) is 29.6 Å². The molecular formula is C22H24N8OS. The second-order valence-electron chi connectivity index (χ2n) is 8.38. The molecule has 10 heteroatoms. The highest BCUT2D eigenvalue weighted by molar-refractivity contribution is 7.98. The van der Waals surface area contributed by atoms with Gasteiger partial charge in [-0.3, -0.25) is 0 Å². The fourth-order valence-electron chi connectivity index (χ4n) is 4.30. The third-order valence-corrected chi connectivity index (χ3v) is 7.18. The number of hydrogen-bond donors (Lipinski definition) is 2. The molecule has 2 N–H and O–H groups in total. The Morgan fingerprint density at radius 2 is 1.94 bits per heavy atom. The molecule has 0 aromatic carbocycles. The molecule has 0 radical (unpaired) electrons. The minimum Gasteiger partial charge on any atom is -0.388 e. The van der Waals surface area contributed by atoms with Crippen LogP contribution in [0.2, 0.25) is 0 Å². The van der Waals surface area contributed by atoms with Crippen molar-refractivity contribution in [3.8, 4) is 11.4 Å². The van der Waals surface area contributed by atoms with Crippen molar-refractivity contribution in [3.05, 3.63) is 42.7 Å². The zero-order valence-corrected chi connectivity index (χ0v) is 18.4. The molecule has 0 amide bonds. The molecule has 2 aliphatic carbocycles. The van der Waals surface area contributed by atoms with Crippen molar-refractivity contribution in [1.82, 2.24) is 33.7 Å². The Balaban J connectivity index is 1.28. The fraction of sp³-hybridized carbons (Fsp3) is 0.409. The lowest BCUT2D eigenvalue weighted by atomic mass is 10.2. The zero-order valence-electron chi connectivity index (χ0n) is 17.6. The molecule has 0 atom stereocenters. The SMILES string of the molecule is OCc1nc2cnc(Nc3ccnc(-c4cnn(SC5CC5)c4)n3)cc2n1C1CCCC1. The molecule has 0 bridgehead atoms. The number of hydrogen-bond acceptors (Lipinski definition) is 8. The summed E-state index contributed by atoms with van der Waals surface area (Å²) >= 11 is 1.75. The summed E-state index contributed by atoms with van der Waals surface area (Å²) in [4.78, 5) is 18.2. The van der Waals surface area contributed by atoms with Gasteiger partial charge >= 0.3 is 0 Å². The first-order chi connectivity index (χ1) is 15.8. The van der Waals surface area contributed by atoms with Gasteiger partial charge in [-0.2, -0.15) is 5.10 Å². The van der Waals surface area contributed by atoms with Gasteiger partial charge in [0.05, 0.1) is 23.5 Å². The van der Waals surface area contributed by atoms with Gasteiger partial charge in [-0.1, -0.05) is 12.8 Å². The highest BCUT2D eigenvalue weighted by Crippen LogP contribution is 2.36. The lowest BCUT2D eigenvalue weighted by molar-refractivity contribution is 0.261. The topological polar surface area (TPSA) is 107 Å². The summed E-state index contributed by atoms with van der Waals surface area (Å²) < 4.78 is 4.08. The van der Waals surface area contributed by atoms with Crippen molar-refractivity contribution in [2.45, 2.75) is 56.4 Å². The lowest BCUT2D eigenvalue weighted by Crippen LogP contribution is -2.09. The fourth-order valence-corrected chi connectivity index (χ4v) is 5.23. The van der Waals surface area contributed by atoms with Crippen LogP contribution in [0.1, 0.15) is 50.4 Å². The molecule has 9 nitrogen and oxygen atoms in total. The molecule has 2 fully saturated rings. The maximum absolute atomic E-state index is 9.83. The number of anilines is 2. The first-order valence-electron chi connectivity index (χ1n) is 11.1. The predicted octanol–water partition coefficient (Wildman–Crippen LogP) is 4.09. The Hall–Kier alpha value is -2.98.